The molecule has 0 saturated heterocycles. The standard InChI is InChI=1S/C22H22ClN3O3/c1-14-11-16(15(2)26(14)20-8-6-5-7-19(20)23)13-24-25-22(27)18-10-9-17(28-3)12-21(18)29-4/h5-13H,1-4H3,(H,25,27). The minimum Gasteiger partial charge on any atom is -0.497 e. The third-order valence-electron chi connectivity index (χ3n) is 4.59. The van der Waals surface area contributed by atoms with Gasteiger partial charge >= 0.3 is 0 Å². The highest BCUT2D eigenvalue weighted by molar-refractivity contribution is 6.32. The van der Waals surface area contributed by atoms with Crippen molar-refractivity contribution in [1.29, 1.82) is 0 Å². The van der Waals surface area contributed by atoms with Crippen LogP contribution in [-0.2, 0) is 0 Å². The van der Waals surface area contributed by atoms with Gasteiger partial charge in [0.15, 0.2) is 0 Å². The highest BCUT2D eigenvalue weighted by Crippen LogP contribution is 2.26. The van der Waals surface area contributed by atoms with Crippen LogP contribution in [-0.4, -0.2) is 30.9 Å². The first kappa shape index (κ1) is 20.5. The molecule has 0 radical (unpaired) electrons. The molecule has 7 heteroatoms. The van der Waals surface area contributed by atoms with Crippen molar-refractivity contribution in [1.82, 2.24) is 9.99 Å². The second-order valence-electron chi connectivity index (χ2n) is 6.38. The Hall–Kier alpha value is -3.25. The number of ether oxygens (including phenoxy) is 2. The lowest BCUT2D eigenvalue weighted by atomic mass is 10.2. The SMILES string of the molecule is COc1ccc(C(=O)NN=Cc2cc(C)n(-c3ccccc3Cl)c2C)c(OC)c1. The highest BCUT2D eigenvalue weighted by Gasteiger charge is 2.14. The first-order valence-electron chi connectivity index (χ1n) is 8.95. The normalized spacial score (nSPS) is 10.9. The topological polar surface area (TPSA) is 64.8 Å². The Balaban J connectivity index is 1.81. The minimum absolute atomic E-state index is 0.368. The van der Waals surface area contributed by atoms with Gasteiger partial charge in [-0.15, -0.1) is 0 Å². The number of aryl methyl sites for hydroxylation is 1. The third-order valence-corrected chi connectivity index (χ3v) is 4.91. The second-order valence-corrected chi connectivity index (χ2v) is 6.79. The molecule has 0 aliphatic carbocycles. The number of methoxy groups -OCH3 is 2. The van der Waals surface area contributed by atoms with Crippen molar-refractivity contribution >= 4 is 23.7 Å². The molecule has 0 saturated carbocycles. The molecule has 2 aromatic carbocycles. The molecule has 0 aliphatic heterocycles. The number of nitrogens with one attached hydrogen (secondary N) is 1. The zero-order valence-electron chi connectivity index (χ0n) is 16.7. The van der Waals surface area contributed by atoms with E-state index in [9.17, 15) is 4.79 Å². The molecule has 0 fully saturated rings. The number of hydrogen-bond acceptors (Lipinski definition) is 4. The van der Waals surface area contributed by atoms with E-state index in [1.165, 1.54) is 7.11 Å². The van der Waals surface area contributed by atoms with Crippen molar-refractivity contribution < 1.29 is 14.3 Å². The van der Waals surface area contributed by atoms with Crippen LogP contribution in [0.1, 0.15) is 27.3 Å². The van der Waals surface area contributed by atoms with E-state index in [0.717, 1.165) is 22.6 Å². The highest BCUT2D eigenvalue weighted by atomic mass is 35.5. The number of hydrazone groups is 1. The minimum atomic E-state index is -0.374. The number of aromatic nitrogens is 1. The van der Waals surface area contributed by atoms with Crippen LogP contribution in [0, 0.1) is 13.8 Å². The summed E-state index contributed by atoms with van der Waals surface area (Å²) in [4.78, 5) is 12.5. The van der Waals surface area contributed by atoms with E-state index >= 15 is 0 Å². The average molecular weight is 412 g/mol. The number of benzene rings is 2. The van der Waals surface area contributed by atoms with E-state index in [1.807, 2.05) is 44.2 Å². The fraction of sp³-hybridized carbons (Fsp3) is 0.182. The quantitative estimate of drug-likeness (QED) is 0.478. The Morgan fingerprint density at radius 1 is 1.10 bits per heavy atom. The van der Waals surface area contributed by atoms with E-state index in [0.29, 0.717) is 22.1 Å². The van der Waals surface area contributed by atoms with Crippen LogP contribution in [0.15, 0.2) is 53.6 Å². The molecule has 1 N–H and O–H groups in total. The predicted molar refractivity (Wildman–Crippen MR) is 115 cm³/mol. The van der Waals surface area contributed by atoms with Gasteiger partial charge in [-0.25, -0.2) is 5.43 Å². The van der Waals surface area contributed by atoms with E-state index in [2.05, 4.69) is 15.1 Å². The summed E-state index contributed by atoms with van der Waals surface area (Å²) in [5.74, 6) is 0.642. The first-order chi connectivity index (χ1) is 14.0. The van der Waals surface area contributed by atoms with Gasteiger partial charge in [0.25, 0.3) is 5.91 Å². The summed E-state index contributed by atoms with van der Waals surface area (Å²) < 4.78 is 12.5. The number of para-hydroxylation sites is 1. The average Bonchev–Trinajstić information content (AvgIpc) is 3.01. The lowest BCUT2D eigenvalue weighted by Gasteiger charge is -2.11. The van der Waals surface area contributed by atoms with E-state index in [-0.39, 0.29) is 5.91 Å². The molecule has 150 valence electrons. The van der Waals surface area contributed by atoms with Crippen LogP contribution in [0.5, 0.6) is 11.5 Å². The number of rotatable bonds is 6. The van der Waals surface area contributed by atoms with Gasteiger partial charge in [0.05, 0.1) is 36.7 Å². The smallest absolute Gasteiger partial charge is 0.275 e. The Bertz CT molecular complexity index is 1070. The van der Waals surface area contributed by atoms with Crippen molar-refractivity contribution in [2.75, 3.05) is 14.2 Å². The van der Waals surface area contributed by atoms with Crippen molar-refractivity contribution in [3.63, 3.8) is 0 Å². The molecular weight excluding hydrogens is 390 g/mol. The third kappa shape index (κ3) is 4.27. The maximum atomic E-state index is 12.5. The molecule has 3 aromatic rings. The summed E-state index contributed by atoms with van der Waals surface area (Å²) in [6.07, 6.45) is 1.61. The molecule has 1 heterocycles. The number of hydrogen-bond donors (Lipinski definition) is 1. The van der Waals surface area contributed by atoms with Gasteiger partial charge in [-0.2, -0.15) is 5.10 Å². The number of halogens is 1. The maximum Gasteiger partial charge on any atom is 0.275 e. The molecule has 0 spiro atoms. The van der Waals surface area contributed by atoms with E-state index in [1.54, 1.807) is 31.5 Å². The summed E-state index contributed by atoms with van der Waals surface area (Å²) in [6, 6.07) is 14.6. The van der Waals surface area contributed by atoms with Crippen molar-refractivity contribution in [2.45, 2.75) is 13.8 Å². The monoisotopic (exact) mass is 411 g/mol. The number of carbonyl (C=O) groups is 1. The number of nitrogens with zero attached hydrogens (tertiary/aromatic N) is 2. The van der Waals surface area contributed by atoms with Gasteiger partial charge in [0.2, 0.25) is 0 Å². The molecule has 0 aliphatic rings. The van der Waals surface area contributed by atoms with Crippen LogP contribution >= 0.6 is 11.6 Å². The zero-order chi connectivity index (χ0) is 21.0. The molecular formula is C22H22ClN3O3. The summed E-state index contributed by atoms with van der Waals surface area (Å²) in [5, 5.41) is 4.77. The fourth-order valence-corrected chi connectivity index (χ4v) is 3.35. The zero-order valence-corrected chi connectivity index (χ0v) is 17.4. The van der Waals surface area contributed by atoms with Gasteiger partial charge in [0, 0.05) is 23.0 Å². The molecule has 0 bridgehead atoms. The molecule has 6 nitrogen and oxygen atoms in total. The summed E-state index contributed by atoms with van der Waals surface area (Å²) >= 11 is 6.34. The van der Waals surface area contributed by atoms with Gasteiger partial charge < -0.3 is 14.0 Å². The Morgan fingerprint density at radius 3 is 2.55 bits per heavy atom. The van der Waals surface area contributed by atoms with Gasteiger partial charge in [-0.05, 0) is 44.2 Å². The van der Waals surface area contributed by atoms with Crippen molar-refractivity contribution in [2.24, 2.45) is 5.10 Å². The maximum absolute atomic E-state index is 12.5. The molecule has 3 rings (SSSR count). The molecule has 29 heavy (non-hydrogen) atoms. The number of amides is 1. The van der Waals surface area contributed by atoms with E-state index < -0.39 is 0 Å². The van der Waals surface area contributed by atoms with Crippen LogP contribution in [0.2, 0.25) is 5.02 Å². The summed E-state index contributed by atoms with van der Waals surface area (Å²) in [5.41, 5.74) is 6.67. The fourth-order valence-electron chi connectivity index (χ4n) is 3.13. The van der Waals surface area contributed by atoms with Gasteiger partial charge in [-0.3, -0.25) is 4.79 Å². The summed E-state index contributed by atoms with van der Waals surface area (Å²) in [6.45, 7) is 3.97. The lowest BCUT2D eigenvalue weighted by molar-refractivity contribution is 0.0952. The molecule has 0 unspecified atom stereocenters. The van der Waals surface area contributed by atoms with Crippen LogP contribution < -0.4 is 14.9 Å². The predicted octanol–water partition coefficient (Wildman–Crippen LogP) is 4.53. The lowest BCUT2D eigenvalue weighted by Crippen LogP contribution is -2.18. The van der Waals surface area contributed by atoms with Crippen LogP contribution in [0.4, 0.5) is 0 Å². The Labute approximate surface area is 174 Å². The van der Waals surface area contributed by atoms with E-state index in [4.69, 9.17) is 21.1 Å². The molecule has 0 atom stereocenters. The number of carbonyl (C=O) groups excluding carboxylic acids is 1. The molecule has 1 aromatic heterocycles. The second kappa shape index (κ2) is 8.84. The van der Waals surface area contributed by atoms with Crippen LogP contribution in [0.3, 0.4) is 0 Å². The van der Waals surface area contributed by atoms with Gasteiger partial charge in [0.1, 0.15) is 11.5 Å². The molecule has 1 amide bonds. The van der Waals surface area contributed by atoms with Gasteiger partial charge in [-0.1, -0.05) is 23.7 Å². The Morgan fingerprint density at radius 2 is 1.86 bits per heavy atom. The summed E-state index contributed by atoms with van der Waals surface area (Å²) in [7, 11) is 3.05. The van der Waals surface area contributed by atoms with Crippen LogP contribution in [0.25, 0.3) is 5.69 Å². The van der Waals surface area contributed by atoms with Crippen molar-refractivity contribution in [3.8, 4) is 17.2 Å². The first-order valence-corrected chi connectivity index (χ1v) is 9.33. The largest absolute Gasteiger partial charge is 0.497 e. The van der Waals surface area contributed by atoms with Crippen molar-refractivity contribution in [3.05, 3.63) is 76.1 Å². The Kier molecular flexibility index (Phi) is 6.24.